The topological polar surface area (TPSA) is 75.0 Å². The summed E-state index contributed by atoms with van der Waals surface area (Å²) in [5.74, 6) is 0.661. The van der Waals surface area contributed by atoms with Gasteiger partial charge in [0, 0.05) is 6.07 Å². The molecule has 0 amide bonds. The zero-order valence-corrected chi connectivity index (χ0v) is 19.3. The fourth-order valence-corrected chi connectivity index (χ4v) is 4.27. The van der Waals surface area contributed by atoms with E-state index in [0.29, 0.717) is 22.5 Å². The lowest BCUT2D eigenvalue weighted by Crippen LogP contribution is -2.24. The van der Waals surface area contributed by atoms with Gasteiger partial charge in [-0.05, 0) is 61.1 Å². The average molecular weight is 471 g/mol. The van der Waals surface area contributed by atoms with Crippen molar-refractivity contribution >= 4 is 16.9 Å². The first kappa shape index (κ1) is 22.7. The van der Waals surface area contributed by atoms with Gasteiger partial charge in [-0.25, -0.2) is 4.79 Å². The van der Waals surface area contributed by atoms with Crippen LogP contribution in [0.15, 0.2) is 88.3 Å². The van der Waals surface area contributed by atoms with Gasteiger partial charge in [0.05, 0.1) is 5.39 Å². The van der Waals surface area contributed by atoms with Crippen LogP contribution in [0.5, 0.6) is 17.2 Å². The minimum absolute atomic E-state index is 0.0116. The fourth-order valence-electron chi connectivity index (χ4n) is 4.27. The number of esters is 1. The number of hydrogen-bond acceptors (Lipinski definition) is 6. The molecule has 35 heavy (non-hydrogen) atoms. The Morgan fingerprint density at radius 2 is 1.57 bits per heavy atom. The Bertz CT molecular complexity index is 1350. The van der Waals surface area contributed by atoms with Gasteiger partial charge in [0.25, 0.3) is 0 Å². The summed E-state index contributed by atoms with van der Waals surface area (Å²) in [6, 6.07) is 22.3. The molecule has 0 N–H and O–H groups in total. The Kier molecular flexibility index (Phi) is 6.80. The number of hydrogen-bond donors (Lipinski definition) is 0. The molecule has 6 heteroatoms. The van der Waals surface area contributed by atoms with Crippen molar-refractivity contribution in [2.24, 2.45) is 0 Å². The first-order valence-corrected chi connectivity index (χ1v) is 11.9. The van der Waals surface area contributed by atoms with Gasteiger partial charge in [-0.3, -0.25) is 4.79 Å². The smallest absolute Gasteiger partial charge is 0.344 e. The van der Waals surface area contributed by atoms with Crippen molar-refractivity contribution in [3.63, 3.8) is 0 Å². The minimum Gasteiger partial charge on any atom is -0.482 e. The van der Waals surface area contributed by atoms with Crippen molar-refractivity contribution in [3.8, 4) is 28.4 Å². The maximum Gasteiger partial charge on any atom is 0.344 e. The van der Waals surface area contributed by atoms with Crippen molar-refractivity contribution in [2.75, 3.05) is 6.61 Å². The van der Waals surface area contributed by atoms with E-state index in [9.17, 15) is 9.59 Å². The van der Waals surface area contributed by atoms with Crippen LogP contribution in [-0.4, -0.2) is 18.7 Å². The molecule has 1 heterocycles. The van der Waals surface area contributed by atoms with E-state index in [0.717, 1.165) is 36.8 Å². The van der Waals surface area contributed by atoms with Crippen molar-refractivity contribution in [3.05, 3.63) is 89.3 Å². The molecule has 1 fully saturated rings. The van der Waals surface area contributed by atoms with Crippen LogP contribution in [-0.2, 0) is 9.53 Å². The van der Waals surface area contributed by atoms with Crippen molar-refractivity contribution in [1.29, 1.82) is 0 Å². The molecular formula is C29H26O6. The predicted molar refractivity (Wildman–Crippen MR) is 133 cm³/mol. The Morgan fingerprint density at radius 3 is 2.34 bits per heavy atom. The molecule has 0 bridgehead atoms. The lowest BCUT2D eigenvalue weighted by atomic mass is 9.98. The van der Waals surface area contributed by atoms with E-state index in [2.05, 4.69) is 0 Å². The first-order valence-electron chi connectivity index (χ1n) is 11.9. The molecule has 0 radical (unpaired) electrons. The molecule has 6 nitrogen and oxygen atoms in total. The molecule has 1 saturated carbocycles. The van der Waals surface area contributed by atoms with Crippen LogP contribution in [0.2, 0.25) is 0 Å². The first-order chi connectivity index (χ1) is 17.2. The minimum atomic E-state index is -0.388. The SMILES string of the molecule is O=C(COc1ccc2c(=O)c(Oc3ccc(-c4ccccc4)cc3)coc2c1)OC1CCCCC1. The summed E-state index contributed by atoms with van der Waals surface area (Å²) in [6.45, 7) is -0.188. The summed E-state index contributed by atoms with van der Waals surface area (Å²) in [4.78, 5) is 25.0. The van der Waals surface area contributed by atoms with Gasteiger partial charge in [-0.2, -0.15) is 0 Å². The lowest BCUT2D eigenvalue weighted by molar-refractivity contribution is -0.152. The summed E-state index contributed by atoms with van der Waals surface area (Å²) in [6.07, 6.45) is 6.47. The maximum atomic E-state index is 12.9. The number of rotatable bonds is 7. The van der Waals surface area contributed by atoms with Crippen molar-refractivity contribution in [1.82, 2.24) is 0 Å². The molecule has 0 spiro atoms. The third kappa shape index (κ3) is 5.54. The van der Waals surface area contributed by atoms with Crippen molar-refractivity contribution in [2.45, 2.75) is 38.2 Å². The molecule has 0 unspecified atom stereocenters. The third-order valence-corrected chi connectivity index (χ3v) is 6.11. The zero-order valence-electron chi connectivity index (χ0n) is 19.3. The summed E-state index contributed by atoms with van der Waals surface area (Å²) in [7, 11) is 0. The largest absolute Gasteiger partial charge is 0.482 e. The molecule has 0 aliphatic heterocycles. The molecule has 3 aromatic carbocycles. The van der Waals surface area contributed by atoms with Gasteiger partial charge in [-0.1, -0.05) is 48.9 Å². The highest BCUT2D eigenvalue weighted by molar-refractivity contribution is 5.79. The molecular weight excluding hydrogens is 444 g/mol. The quantitative estimate of drug-likeness (QED) is 0.287. The van der Waals surface area contributed by atoms with E-state index in [4.69, 9.17) is 18.6 Å². The van der Waals surface area contributed by atoms with Crippen LogP contribution in [0.25, 0.3) is 22.1 Å². The lowest BCUT2D eigenvalue weighted by Gasteiger charge is -2.21. The number of fused-ring (bicyclic) bond motifs is 1. The normalized spacial score (nSPS) is 13.9. The average Bonchev–Trinajstić information content (AvgIpc) is 2.90. The molecule has 1 aliphatic carbocycles. The highest BCUT2D eigenvalue weighted by Crippen LogP contribution is 2.27. The summed E-state index contributed by atoms with van der Waals surface area (Å²) in [5, 5.41) is 0.362. The van der Waals surface area contributed by atoms with E-state index in [1.165, 1.54) is 12.7 Å². The second-order valence-electron chi connectivity index (χ2n) is 8.62. The van der Waals surface area contributed by atoms with Crippen LogP contribution in [0.1, 0.15) is 32.1 Å². The highest BCUT2D eigenvalue weighted by Gasteiger charge is 2.18. The van der Waals surface area contributed by atoms with Crippen LogP contribution in [0.4, 0.5) is 0 Å². The van der Waals surface area contributed by atoms with E-state index < -0.39 is 0 Å². The molecule has 1 aromatic heterocycles. The molecule has 0 atom stereocenters. The van der Waals surface area contributed by atoms with Gasteiger partial charge >= 0.3 is 5.97 Å². The summed E-state index contributed by atoms with van der Waals surface area (Å²) < 4.78 is 22.5. The van der Waals surface area contributed by atoms with Crippen LogP contribution < -0.4 is 14.9 Å². The fraction of sp³-hybridized carbons (Fsp3) is 0.241. The monoisotopic (exact) mass is 470 g/mol. The molecule has 0 saturated heterocycles. The zero-order chi connectivity index (χ0) is 24.0. The maximum absolute atomic E-state index is 12.9. The van der Waals surface area contributed by atoms with Crippen LogP contribution >= 0.6 is 0 Å². The Balaban J connectivity index is 1.24. The van der Waals surface area contributed by atoms with E-state index in [1.807, 2.05) is 54.6 Å². The molecule has 5 rings (SSSR count). The standard InChI is InChI=1S/C29H26O6/c30-28(35-22-9-5-2-6-10-22)19-32-24-15-16-25-26(17-24)33-18-27(29(25)31)34-23-13-11-21(12-14-23)20-7-3-1-4-8-20/h1,3-4,7-8,11-18,22H,2,5-6,9-10,19H2. The van der Waals surface area contributed by atoms with E-state index >= 15 is 0 Å². The Morgan fingerprint density at radius 1 is 0.857 bits per heavy atom. The van der Waals surface area contributed by atoms with Crippen LogP contribution in [0.3, 0.4) is 0 Å². The second kappa shape index (κ2) is 10.5. The summed E-state index contributed by atoms with van der Waals surface area (Å²) >= 11 is 0. The van der Waals surface area contributed by atoms with Gasteiger partial charge in [0.2, 0.25) is 11.2 Å². The number of benzene rings is 3. The van der Waals surface area contributed by atoms with Crippen molar-refractivity contribution < 1.29 is 23.4 Å². The van der Waals surface area contributed by atoms with E-state index in [-0.39, 0.29) is 29.9 Å². The highest BCUT2D eigenvalue weighted by atomic mass is 16.6. The van der Waals surface area contributed by atoms with Crippen LogP contribution in [0, 0.1) is 0 Å². The molecule has 4 aromatic rings. The van der Waals surface area contributed by atoms with Gasteiger partial charge in [0.1, 0.15) is 29.4 Å². The third-order valence-electron chi connectivity index (χ3n) is 6.11. The molecule has 1 aliphatic rings. The summed E-state index contributed by atoms with van der Waals surface area (Å²) in [5.41, 5.74) is 2.21. The Labute approximate surface area is 203 Å². The Hall–Kier alpha value is -4.06. The number of carbonyl (C=O) groups is 1. The predicted octanol–water partition coefficient (Wildman–Crippen LogP) is 6.51. The van der Waals surface area contributed by atoms with Gasteiger partial charge in [0.15, 0.2) is 6.61 Å². The van der Waals surface area contributed by atoms with E-state index in [1.54, 1.807) is 18.2 Å². The molecule has 178 valence electrons. The number of ether oxygens (including phenoxy) is 3. The second-order valence-corrected chi connectivity index (χ2v) is 8.62. The number of carbonyl (C=O) groups excluding carboxylic acids is 1. The van der Waals surface area contributed by atoms with Gasteiger partial charge in [-0.15, -0.1) is 0 Å². The van der Waals surface area contributed by atoms with Gasteiger partial charge < -0.3 is 18.6 Å².